The predicted molar refractivity (Wildman–Crippen MR) is 63.7 cm³/mol. The van der Waals surface area contributed by atoms with E-state index in [9.17, 15) is 0 Å². The average Bonchev–Trinajstić information content (AvgIpc) is 2.71. The molecule has 2 aromatic rings. The molecular weight excluding hydrogens is 226 g/mol. The van der Waals surface area contributed by atoms with Crippen molar-refractivity contribution in [1.82, 2.24) is 4.98 Å². The molecule has 0 fully saturated rings. The Morgan fingerprint density at radius 1 is 1.47 bits per heavy atom. The molecule has 0 aromatic carbocycles. The van der Waals surface area contributed by atoms with Gasteiger partial charge in [0.2, 0.25) is 0 Å². The SMILES string of the molecule is N=C(N)c1ccnc(Sc2cccs2)c1. The highest BCUT2D eigenvalue weighted by Gasteiger charge is 2.02. The number of nitrogens with zero attached hydrogens (tertiary/aromatic N) is 1. The van der Waals surface area contributed by atoms with E-state index in [1.165, 1.54) is 4.21 Å². The summed E-state index contributed by atoms with van der Waals surface area (Å²) in [6, 6.07) is 7.60. The fraction of sp³-hybridized carbons (Fsp3) is 0. The van der Waals surface area contributed by atoms with Gasteiger partial charge in [-0.1, -0.05) is 17.8 Å². The minimum atomic E-state index is 0.0745. The molecule has 0 aliphatic heterocycles. The van der Waals surface area contributed by atoms with E-state index in [0.717, 1.165) is 5.03 Å². The van der Waals surface area contributed by atoms with E-state index in [-0.39, 0.29) is 5.84 Å². The van der Waals surface area contributed by atoms with Gasteiger partial charge in [0.25, 0.3) is 0 Å². The predicted octanol–water partition coefficient (Wildman–Crippen LogP) is 2.58. The van der Waals surface area contributed by atoms with Crippen molar-refractivity contribution in [2.75, 3.05) is 0 Å². The van der Waals surface area contributed by atoms with Crippen molar-refractivity contribution in [2.45, 2.75) is 9.24 Å². The highest BCUT2D eigenvalue weighted by molar-refractivity contribution is 8.01. The summed E-state index contributed by atoms with van der Waals surface area (Å²) in [4.78, 5) is 4.21. The van der Waals surface area contributed by atoms with Crippen molar-refractivity contribution in [3.63, 3.8) is 0 Å². The van der Waals surface area contributed by atoms with Gasteiger partial charge < -0.3 is 5.73 Å². The number of amidine groups is 1. The molecule has 76 valence electrons. The van der Waals surface area contributed by atoms with Crippen LogP contribution in [0.25, 0.3) is 0 Å². The Morgan fingerprint density at radius 3 is 3.00 bits per heavy atom. The molecule has 0 aliphatic rings. The molecule has 0 spiro atoms. The molecule has 2 aromatic heterocycles. The molecule has 0 amide bonds. The minimum absolute atomic E-state index is 0.0745. The number of thiophene rings is 1. The molecule has 0 saturated carbocycles. The molecule has 5 heteroatoms. The Bertz CT molecular complexity index is 465. The Morgan fingerprint density at radius 2 is 2.33 bits per heavy atom. The van der Waals surface area contributed by atoms with Crippen molar-refractivity contribution in [3.8, 4) is 0 Å². The third-order valence-corrected chi connectivity index (χ3v) is 3.72. The Hall–Kier alpha value is -1.33. The van der Waals surface area contributed by atoms with Crippen molar-refractivity contribution in [3.05, 3.63) is 41.4 Å². The zero-order valence-electron chi connectivity index (χ0n) is 7.81. The molecule has 0 radical (unpaired) electrons. The molecule has 0 atom stereocenters. The number of pyridine rings is 1. The third-order valence-electron chi connectivity index (χ3n) is 1.75. The van der Waals surface area contributed by atoms with Gasteiger partial charge in [-0.05, 0) is 23.6 Å². The van der Waals surface area contributed by atoms with Gasteiger partial charge in [0.1, 0.15) is 10.9 Å². The fourth-order valence-corrected chi connectivity index (χ4v) is 2.77. The number of rotatable bonds is 3. The zero-order chi connectivity index (χ0) is 10.7. The lowest BCUT2D eigenvalue weighted by Gasteiger charge is -2.00. The van der Waals surface area contributed by atoms with Crippen molar-refractivity contribution in [1.29, 1.82) is 5.41 Å². The van der Waals surface area contributed by atoms with Gasteiger partial charge in [0.15, 0.2) is 0 Å². The van der Waals surface area contributed by atoms with E-state index in [2.05, 4.69) is 4.98 Å². The second-order valence-corrected chi connectivity index (χ2v) is 5.10. The lowest BCUT2D eigenvalue weighted by Crippen LogP contribution is -2.10. The van der Waals surface area contributed by atoms with Gasteiger partial charge in [-0.25, -0.2) is 4.98 Å². The number of nitrogen functional groups attached to an aromatic ring is 1. The Labute approximate surface area is 95.9 Å². The normalized spacial score (nSPS) is 10.1. The lowest BCUT2D eigenvalue weighted by molar-refractivity contribution is 1.13. The second kappa shape index (κ2) is 4.46. The van der Waals surface area contributed by atoms with Crippen LogP contribution in [0.1, 0.15) is 5.56 Å². The van der Waals surface area contributed by atoms with E-state index in [4.69, 9.17) is 11.1 Å². The van der Waals surface area contributed by atoms with Crippen LogP contribution >= 0.6 is 23.1 Å². The summed E-state index contributed by atoms with van der Waals surface area (Å²) in [6.45, 7) is 0. The third kappa shape index (κ3) is 2.57. The number of nitrogens with one attached hydrogen (secondary N) is 1. The Kier molecular flexibility index (Phi) is 3.03. The van der Waals surface area contributed by atoms with Crippen molar-refractivity contribution >= 4 is 28.9 Å². The van der Waals surface area contributed by atoms with Crippen LogP contribution in [0, 0.1) is 5.41 Å². The molecule has 0 unspecified atom stereocenters. The first-order valence-corrected chi connectivity index (χ1v) is 5.97. The van der Waals surface area contributed by atoms with Gasteiger partial charge in [-0.3, -0.25) is 5.41 Å². The molecule has 0 saturated heterocycles. The van der Waals surface area contributed by atoms with Crippen LogP contribution in [-0.2, 0) is 0 Å². The van der Waals surface area contributed by atoms with Crippen LogP contribution in [0.2, 0.25) is 0 Å². The van der Waals surface area contributed by atoms with E-state index < -0.39 is 0 Å². The van der Waals surface area contributed by atoms with Gasteiger partial charge in [0, 0.05) is 11.8 Å². The average molecular weight is 235 g/mol. The van der Waals surface area contributed by atoms with Gasteiger partial charge in [-0.2, -0.15) is 0 Å². The summed E-state index contributed by atoms with van der Waals surface area (Å²) in [6.07, 6.45) is 1.67. The van der Waals surface area contributed by atoms with E-state index in [0.29, 0.717) is 5.56 Å². The molecular formula is C10H9N3S2. The fourth-order valence-electron chi connectivity index (χ4n) is 1.06. The first-order chi connectivity index (χ1) is 7.25. The first kappa shape index (κ1) is 10.2. The van der Waals surface area contributed by atoms with Crippen LogP contribution < -0.4 is 5.73 Å². The van der Waals surface area contributed by atoms with E-state index in [1.807, 2.05) is 23.6 Å². The molecule has 15 heavy (non-hydrogen) atoms. The van der Waals surface area contributed by atoms with Crippen LogP contribution in [0.15, 0.2) is 45.1 Å². The topological polar surface area (TPSA) is 62.8 Å². The summed E-state index contributed by atoms with van der Waals surface area (Å²) < 4.78 is 1.18. The molecule has 3 N–H and O–H groups in total. The smallest absolute Gasteiger partial charge is 0.122 e. The summed E-state index contributed by atoms with van der Waals surface area (Å²) in [5, 5.41) is 10.2. The summed E-state index contributed by atoms with van der Waals surface area (Å²) in [5.74, 6) is 0.0745. The van der Waals surface area contributed by atoms with Crippen LogP contribution in [0.4, 0.5) is 0 Å². The maximum atomic E-state index is 7.33. The maximum absolute atomic E-state index is 7.33. The number of nitrogens with two attached hydrogens (primary N) is 1. The molecule has 0 bridgehead atoms. The number of hydrogen-bond donors (Lipinski definition) is 2. The molecule has 3 nitrogen and oxygen atoms in total. The highest BCUT2D eigenvalue weighted by Crippen LogP contribution is 2.29. The molecule has 0 aliphatic carbocycles. The van der Waals surface area contributed by atoms with Gasteiger partial charge >= 0.3 is 0 Å². The zero-order valence-corrected chi connectivity index (χ0v) is 9.44. The van der Waals surface area contributed by atoms with Gasteiger partial charge in [0.05, 0.1) is 4.21 Å². The van der Waals surface area contributed by atoms with E-state index in [1.54, 1.807) is 35.4 Å². The maximum Gasteiger partial charge on any atom is 0.122 e. The molecule has 2 heterocycles. The van der Waals surface area contributed by atoms with Crippen molar-refractivity contribution in [2.24, 2.45) is 5.73 Å². The van der Waals surface area contributed by atoms with Gasteiger partial charge in [-0.15, -0.1) is 11.3 Å². The standard InChI is InChI=1S/C10H9N3S2/c11-10(12)7-3-4-13-8(6-7)15-9-2-1-5-14-9/h1-6H,(H3,11,12). The monoisotopic (exact) mass is 235 g/mol. The number of aromatic nitrogens is 1. The summed E-state index contributed by atoms with van der Waals surface area (Å²) in [7, 11) is 0. The minimum Gasteiger partial charge on any atom is -0.384 e. The summed E-state index contributed by atoms with van der Waals surface area (Å²) in [5.41, 5.74) is 6.12. The largest absolute Gasteiger partial charge is 0.384 e. The second-order valence-electron chi connectivity index (χ2n) is 2.83. The Balaban J connectivity index is 2.22. The lowest BCUT2D eigenvalue weighted by atomic mass is 10.2. The summed E-state index contributed by atoms with van der Waals surface area (Å²) >= 11 is 3.25. The quantitative estimate of drug-likeness (QED) is 0.635. The van der Waals surface area contributed by atoms with Crippen LogP contribution in [-0.4, -0.2) is 10.8 Å². The first-order valence-electron chi connectivity index (χ1n) is 4.27. The van der Waals surface area contributed by atoms with Crippen LogP contribution in [0.5, 0.6) is 0 Å². The van der Waals surface area contributed by atoms with Crippen molar-refractivity contribution < 1.29 is 0 Å². The van der Waals surface area contributed by atoms with E-state index >= 15 is 0 Å². The highest BCUT2D eigenvalue weighted by atomic mass is 32.2. The number of hydrogen-bond acceptors (Lipinski definition) is 4. The van der Waals surface area contributed by atoms with Crippen LogP contribution in [0.3, 0.4) is 0 Å². The molecule has 2 rings (SSSR count).